The third-order valence-corrected chi connectivity index (χ3v) is 8.46. The maximum atomic E-state index is 12.9. The van der Waals surface area contributed by atoms with Gasteiger partial charge in [-0.15, -0.1) is 0 Å². The SMILES string of the molecule is CC1CCC(C(C)C)C(OC(=O)C2=CCC(C(=O)OC3CC(C)CCC3C(C)C)CC2)C1. The second kappa shape index (κ2) is 11.2. The molecule has 3 aliphatic carbocycles. The summed E-state index contributed by atoms with van der Waals surface area (Å²) in [6.07, 6.45) is 10.6. The van der Waals surface area contributed by atoms with Gasteiger partial charge in [-0.1, -0.05) is 60.5 Å². The summed E-state index contributed by atoms with van der Waals surface area (Å²) in [4.78, 5) is 25.8. The molecule has 2 saturated carbocycles. The Balaban J connectivity index is 1.54. The molecule has 0 saturated heterocycles. The van der Waals surface area contributed by atoms with Crippen molar-refractivity contribution in [3.63, 3.8) is 0 Å². The maximum absolute atomic E-state index is 12.9. The Labute approximate surface area is 195 Å². The summed E-state index contributed by atoms with van der Waals surface area (Å²) >= 11 is 0. The zero-order valence-electron chi connectivity index (χ0n) is 21.3. The van der Waals surface area contributed by atoms with Gasteiger partial charge in [-0.3, -0.25) is 4.79 Å². The molecule has 3 rings (SSSR count). The van der Waals surface area contributed by atoms with Crippen LogP contribution in [0.5, 0.6) is 0 Å². The Morgan fingerprint density at radius 3 is 1.81 bits per heavy atom. The minimum absolute atomic E-state index is 0.0242. The monoisotopic (exact) mass is 446 g/mol. The number of ether oxygens (including phenoxy) is 2. The van der Waals surface area contributed by atoms with Crippen molar-refractivity contribution in [1.29, 1.82) is 0 Å². The van der Waals surface area contributed by atoms with E-state index in [9.17, 15) is 9.59 Å². The third-order valence-electron chi connectivity index (χ3n) is 8.46. The molecule has 4 nitrogen and oxygen atoms in total. The Morgan fingerprint density at radius 2 is 1.34 bits per heavy atom. The normalized spacial score (nSPS) is 36.0. The van der Waals surface area contributed by atoms with E-state index in [4.69, 9.17) is 9.47 Å². The van der Waals surface area contributed by atoms with Crippen molar-refractivity contribution in [2.45, 2.75) is 112 Å². The Hall–Kier alpha value is -1.32. The van der Waals surface area contributed by atoms with Gasteiger partial charge in [0.15, 0.2) is 0 Å². The molecule has 0 amide bonds. The Kier molecular flexibility index (Phi) is 8.86. The van der Waals surface area contributed by atoms with Crippen LogP contribution in [-0.2, 0) is 19.1 Å². The highest BCUT2D eigenvalue weighted by molar-refractivity contribution is 5.89. The molecule has 0 N–H and O–H groups in total. The summed E-state index contributed by atoms with van der Waals surface area (Å²) in [6, 6.07) is 0. The van der Waals surface area contributed by atoms with Gasteiger partial charge in [0.05, 0.1) is 5.92 Å². The molecular formula is C28H46O4. The van der Waals surface area contributed by atoms with Crippen LogP contribution >= 0.6 is 0 Å². The van der Waals surface area contributed by atoms with Crippen LogP contribution in [0.2, 0.25) is 0 Å². The van der Waals surface area contributed by atoms with Crippen LogP contribution in [0.25, 0.3) is 0 Å². The highest BCUT2D eigenvalue weighted by Gasteiger charge is 2.37. The lowest BCUT2D eigenvalue weighted by molar-refractivity contribution is -0.162. The number of hydrogen-bond donors (Lipinski definition) is 0. The number of esters is 2. The number of carbonyl (C=O) groups excluding carboxylic acids is 2. The summed E-state index contributed by atoms with van der Waals surface area (Å²) in [5.41, 5.74) is 0.751. The van der Waals surface area contributed by atoms with Gasteiger partial charge in [0.25, 0.3) is 0 Å². The summed E-state index contributed by atoms with van der Waals surface area (Å²) in [6.45, 7) is 13.4. The number of allylic oxidation sites excluding steroid dienone is 1. The lowest BCUT2D eigenvalue weighted by atomic mass is 9.75. The predicted molar refractivity (Wildman–Crippen MR) is 128 cm³/mol. The fourth-order valence-corrected chi connectivity index (χ4v) is 6.19. The molecule has 0 spiro atoms. The molecule has 4 heteroatoms. The molecule has 0 aliphatic heterocycles. The average Bonchev–Trinajstić information content (AvgIpc) is 2.73. The van der Waals surface area contributed by atoms with Crippen molar-refractivity contribution < 1.29 is 19.1 Å². The fourth-order valence-electron chi connectivity index (χ4n) is 6.19. The first-order chi connectivity index (χ1) is 15.2. The van der Waals surface area contributed by atoms with Gasteiger partial charge in [-0.05, 0) is 80.5 Å². The highest BCUT2D eigenvalue weighted by Crippen LogP contribution is 2.38. The number of hydrogen-bond acceptors (Lipinski definition) is 4. The molecule has 0 heterocycles. The van der Waals surface area contributed by atoms with Crippen LogP contribution in [0, 0.1) is 41.4 Å². The molecule has 0 radical (unpaired) electrons. The standard InChI is InChI=1S/C28H46O4/c1-17(2)23-13-7-19(5)15-25(23)31-27(29)21-9-11-22(12-10-21)28(30)32-26-16-20(6)8-14-24(26)18(3)4/h9,17-20,22-26H,7-8,10-16H2,1-6H3. The van der Waals surface area contributed by atoms with Gasteiger partial charge < -0.3 is 9.47 Å². The second-order valence-electron chi connectivity index (χ2n) is 11.8. The van der Waals surface area contributed by atoms with Crippen molar-refractivity contribution in [1.82, 2.24) is 0 Å². The van der Waals surface area contributed by atoms with Crippen molar-refractivity contribution in [2.75, 3.05) is 0 Å². The largest absolute Gasteiger partial charge is 0.462 e. The van der Waals surface area contributed by atoms with Gasteiger partial charge in [0.1, 0.15) is 12.2 Å². The van der Waals surface area contributed by atoms with Gasteiger partial charge in [-0.2, -0.15) is 0 Å². The zero-order valence-corrected chi connectivity index (χ0v) is 21.3. The minimum Gasteiger partial charge on any atom is -0.462 e. The summed E-state index contributed by atoms with van der Waals surface area (Å²) in [5, 5.41) is 0. The van der Waals surface area contributed by atoms with Gasteiger partial charge in [0.2, 0.25) is 0 Å². The lowest BCUT2D eigenvalue weighted by Gasteiger charge is -2.38. The van der Waals surface area contributed by atoms with Crippen molar-refractivity contribution in [3.05, 3.63) is 11.6 Å². The highest BCUT2D eigenvalue weighted by atomic mass is 16.5. The van der Waals surface area contributed by atoms with Crippen molar-refractivity contribution in [2.24, 2.45) is 41.4 Å². The second-order valence-corrected chi connectivity index (χ2v) is 11.8. The number of carbonyl (C=O) groups is 2. The van der Waals surface area contributed by atoms with E-state index >= 15 is 0 Å². The molecule has 182 valence electrons. The van der Waals surface area contributed by atoms with Crippen LogP contribution in [0.4, 0.5) is 0 Å². The number of rotatable bonds is 6. The molecule has 0 bridgehead atoms. The third kappa shape index (κ3) is 6.38. The van der Waals surface area contributed by atoms with E-state index in [0.717, 1.165) is 31.3 Å². The maximum Gasteiger partial charge on any atom is 0.333 e. The van der Waals surface area contributed by atoms with Crippen LogP contribution in [0.3, 0.4) is 0 Å². The minimum atomic E-state index is -0.164. The molecule has 32 heavy (non-hydrogen) atoms. The molecule has 2 fully saturated rings. The van der Waals surface area contributed by atoms with Gasteiger partial charge in [0, 0.05) is 5.57 Å². The van der Waals surface area contributed by atoms with Crippen molar-refractivity contribution >= 4 is 11.9 Å². The predicted octanol–water partition coefficient (Wildman–Crippen LogP) is 6.72. The summed E-state index contributed by atoms with van der Waals surface area (Å²) in [7, 11) is 0. The fraction of sp³-hybridized carbons (Fsp3) is 0.857. The average molecular weight is 447 g/mol. The molecule has 7 unspecified atom stereocenters. The van der Waals surface area contributed by atoms with Crippen LogP contribution in [0.15, 0.2) is 11.6 Å². The summed E-state index contributed by atoms with van der Waals surface area (Å²) in [5.74, 6) is 2.84. The topological polar surface area (TPSA) is 52.6 Å². The molecule has 0 aromatic rings. The van der Waals surface area contributed by atoms with Crippen LogP contribution < -0.4 is 0 Å². The Morgan fingerprint density at radius 1 is 0.812 bits per heavy atom. The van der Waals surface area contributed by atoms with Gasteiger partial charge in [-0.25, -0.2) is 4.79 Å². The summed E-state index contributed by atoms with van der Waals surface area (Å²) < 4.78 is 12.1. The van der Waals surface area contributed by atoms with E-state index in [1.807, 2.05) is 6.08 Å². The quantitative estimate of drug-likeness (QED) is 0.425. The van der Waals surface area contributed by atoms with Gasteiger partial charge >= 0.3 is 11.9 Å². The van der Waals surface area contributed by atoms with Crippen LogP contribution in [-0.4, -0.2) is 24.1 Å². The molecule has 7 atom stereocenters. The van der Waals surface area contributed by atoms with E-state index in [1.165, 1.54) is 12.8 Å². The first kappa shape index (κ1) is 25.3. The lowest BCUT2D eigenvalue weighted by Crippen LogP contribution is -2.38. The van der Waals surface area contributed by atoms with Crippen LogP contribution in [0.1, 0.15) is 99.3 Å². The van der Waals surface area contributed by atoms with E-state index in [1.54, 1.807) is 0 Å². The first-order valence-corrected chi connectivity index (χ1v) is 13.3. The zero-order chi connectivity index (χ0) is 23.4. The Bertz CT molecular complexity index is 679. The van der Waals surface area contributed by atoms with Crippen molar-refractivity contribution in [3.8, 4) is 0 Å². The van der Waals surface area contributed by atoms with E-state index in [2.05, 4.69) is 41.5 Å². The molecular weight excluding hydrogens is 400 g/mol. The molecule has 0 aromatic heterocycles. The van der Waals surface area contributed by atoms with E-state index in [-0.39, 0.29) is 30.1 Å². The van der Waals surface area contributed by atoms with E-state index in [0.29, 0.717) is 54.8 Å². The van der Waals surface area contributed by atoms with E-state index < -0.39 is 0 Å². The molecule has 0 aromatic carbocycles. The smallest absolute Gasteiger partial charge is 0.333 e. The first-order valence-electron chi connectivity index (χ1n) is 13.3. The molecule has 3 aliphatic rings.